The van der Waals surface area contributed by atoms with Crippen LogP contribution in [0.25, 0.3) is 6.08 Å². The first kappa shape index (κ1) is 18.8. The molecular weight excluding hydrogens is 328 g/mol. The van der Waals surface area contributed by atoms with E-state index in [1.165, 1.54) is 0 Å². The molecule has 0 aliphatic heterocycles. The highest BCUT2D eigenvalue weighted by Gasteiger charge is 2.45. The lowest BCUT2D eigenvalue weighted by Crippen LogP contribution is -2.62. The molecule has 0 spiro atoms. The predicted octanol–water partition coefficient (Wildman–Crippen LogP) is 3.28. The molecular formula is C14H25O3Si4. The van der Waals surface area contributed by atoms with E-state index < -0.39 is 35.9 Å². The summed E-state index contributed by atoms with van der Waals surface area (Å²) in [4.78, 5) is 0. The van der Waals surface area contributed by atoms with E-state index in [4.69, 9.17) is 12.3 Å². The molecule has 0 N–H and O–H groups in total. The normalized spacial score (nSPS) is 12.4. The molecule has 0 saturated heterocycles. The summed E-state index contributed by atoms with van der Waals surface area (Å²) in [5.74, 6) is 0. The second-order valence-electron chi connectivity index (χ2n) is 5.42. The molecule has 3 radical (unpaired) electrons. The van der Waals surface area contributed by atoms with Crippen LogP contribution < -0.4 is 5.19 Å². The molecule has 0 fully saturated rings. The predicted molar refractivity (Wildman–Crippen MR) is 97.6 cm³/mol. The minimum absolute atomic E-state index is 0.929. The quantitative estimate of drug-likeness (QED) is 0.671. The fourth-order valence-electron chi connectivity index (χ4n) is 1.90. The molecule has 0 saturated carbocycles. The molecule has 7 heteroatoms. The maximum Gasteiger partial charge on any atom is 0.505 e. The van der Waals surface area contributed by atoms with Gasteiger partial charge in [-0.2, -0.15) is 0 Å². The third kappa shape index (κ3) is 5.78. The van der Waals surface area contributed by atoms with Crippen LogP contribution in [0.2, 0.25) is 39.3 Å². The van der Waals surface area contributed by atoms with Gasteiger partial charge in [-0.3, -0.25) is 0 Å². The standard InChI is InChI=1S/C14H25O3Si4/c1-8-13-10-9-11-14(12-13)21(15-18(2)3,16-19(4)5)17-20(6)7/h8-12H,1H2,2-7H3. The molecule has 1 aromatic rings. The van der Waals surface area contributed by atoms with Crippen LogP contribution in [0.3, 0.4) is 0 Å². The summed E-state index contributed by atoms with van der Waals surface area (Å²) < 4.78 is 19.1. The molecule has 0 amide bonds. The van der Waals surface area contributed by atoms with E-state index in [2.05, 4.69) is 58.0 Å². The van der Waals surface area contributed by atoms with E-state index in [0.717, 1.165) is 10.8 Å². The summed E-state index contributed by atoms with van der Waals surface area (Å²) in [6.07, 6.45) is 1.85. The van der Waals surface area contributed by atoms with Crippen molar-refractivity contribution in [1.82, 2.24) is 0 Å². The van der Waals surface area contributed by atoms with Crippen molar-refractivity contribution in [2.75, 3.05) is 0 Å². The SMILES string of the molecule is C=Cc1cccc([Si](O[Si](C)C)(O[Si](C)C)O[Si](C)C)c1. The Bertz CT molecular complexity index is 437. The first-order chi connectivity index (χ1) is 9.79. The van der Waals surface area contributed by atoms with Gasteiger partial charge in [0.1, 0.15) is 0 Å². The molecule has 0 aliphatic carbocycles. The van der Waals surface area contributed by atoms with Gasteiger partial charge < -0.3 is 12.3 Å². The summed E-state index contributed by atoms with van der Waals surface area (Å²) in [5.41, 5.74) is 1.07. The summed E-state index contributed by atoms with van der Waals surface area (Å²) in [5, 5.41) is 1.06. The van der Waals surface area contributed by atoms with Crippen molar-refractivity contribution < 1.29 is 12.3 Å². The fourth-order valence-corrected chi connectivity index (χ4v) is 12.0. The summed E-state index contributed by atoms with van der Waals surface area (Å²) in [7, 11) is -5.61. The van der Waals surface area contributed by atoms with E-state index in [1.54, 1.807) is 0 Å². The van der Waals surface area contributed by atoms with Gasteiger partial charge in [-0.05, 0) is 50.9 Å². The van der Waals surface area contributed by atoms with Crippen LogP contribution in [0.1, 0.15) is 5.56 Å². The Labute approximate surface area is 135 Å². The van der Waals surface area contributed by atoms with Crippen LogP contribution in [0, 0.1) is 0 Å². The van der Waals surface area contributed by atoms with E-state index in [1.807, 2.05) is 18.2 Å². The van der Waals surface area contributed by atoms with Gasteiger partial charge in [0, 0.05) is 5.19 Å². The van der Waals surface area contributed by atoms with Crippen molar-refractivity contribution in [1.29, 1.82) is 0 Å². The topological polar surface area (TPSA) is 27.7 Å². The van der Waals surface area contributed by atoms with Gasteiger partial charge in [0.15, 0.2) is 27.1 Å². The molecule has 21 heavy (non-hydrogen) atoms. The monoisotopic (exact) mass is 353 g/mol. The summed E-state index contributed by atoms with van der Waals surface area (Å²) in [6.45, 7) is 16.6. The highest BCUT2D eigenvalue weighted by Crippen LogP contribution is 2.16. The Morgan fingerprint density at radius 2 is 1.38 bits per heavy atom. The Balaban J connectivity index is 3.32. The smallest absolute Gasteiger partial charge is 0.413 e. The lowest BCUT2D eigenvalue weighted by Gasteiger charge is -2.35. The van der Waals surface area contributed by atoms with Gasteiger partial charge in [0.2, 0.25) is 0 Å². The van der Waals surface area contributed by atoms with Gasteiger partial charge >= 0.3 is 8.80 Å². The fraction of sp³-hybridized carbons (Fsp3) is 0.429. The highest BCUT2D eigenvalue weighted by molar-refractivity contribution is 6.88. The second-order valence-corrected chi connectivity index (χ2v) is 15.0. The minimum Gasteiger partial charge on any atom is -0.413 e. The molecule has 0 bridgehead atoms. The Kier molecular flexibility index (Phi) is 7.47. The van der Waals surface area contributed by atoms with E-state index in [9.17, 15) is 0 Å². The van der Waals surface area contributed by atoms with Crippen molar-refractivity contribution in [3.63, 3.8) is 0 Å². The first-order valence-corrected chi connectivity index (χ1v) is 15.9. The Hall–Kier alpha value is -0.292. The van der Waals surface area contributed by atoms with Gasteiger partial charge in [-0.1, -0.05) is 30.9 Å². The van der Waals surface area contributed by atoms with E-state index in [-0.39, 0.29) is 0 Å². The van der Waals surface area contributed by atoms with Crippen LogP contribution in [-0.2, 0) is 12.3 Å². The average Bonchev–Trinajstić information content (AvgIpc) is 2.36. The molecule has 1 aromatic carbocycles. The van der Waals surface area contributed by atoms with Crippen LogP contribution >= 0.6 is 0 Å². The average molecular weight is 354 g/mol. The Morgan fingerprint density at radius 1 is 0.905 bits per heavy atom. The van der Waals surface area contributed by atoms with Crippen molar-refractivity contribution in [3.05, 3.63) is 36.4 Å². The number of rotatable bonds is 8. The minimum atomic E-state index is -2.82. The van der Waals surface area contributed by atoms with Crippen molar-refractivity contribution in [2.45, 2.75) is 39.3 Å². The molecule has 3 nitrogen and oxygen atoms in total. The zero-order valence-corrected chi connectivity index (χ0v) is 17.8. The summed E-state index contributed by atoms with van der Waals surface area (Å²) >= 11 is 0. The zero-order valence-electron chi connectivity index (χ0n) is 13.8. The molecule has 0 aliphatic rings. The summed E-state index contributed by atoms with van der Waals surface area (Å²) in [6, 6.07) is 8.23. The molecule has 0 aromatic heterocycles. The molecule has 0 atom stereocenters. The van der Waals surface area contributed by atoms with E-state index >= 15 is 0 Å². The molecule has 0 unspecified atom stereocenters. The van der Waals surface area contributed by atoms with Crippen LogP contribution in [-0.4, -0.2) is 35.9 Å². The van der Waals surface area contributed by atoms with Gasteiger partial charge in [-0.15, -0.1) is 0 Å². The Morgan fingerprint density at radius 3 is 1.76 bits per heavy atom. The maximum atomic E-state index is 6.36. The van der Waals surface area contributed by atoms with Crippen LogP contribution in [0.4, 0.5) is 0 Å². The third-order valence-electron chi connectivity index (χ3n) is 2.49. The van der Waals surface area contributed by atoms with Gasteiger partial charge in [-0.25, -0.2) is 0 Å². The number of hydrogen-bond acceptors (Lipinski definition) is 3. The highest BCUT2D eigenvalue weighted by atomic mass is 28.5. The number of benzene rings is 1. The first-order valence-electron chi connectivity index (χ1n) is 6.99. The van der Waals surface area contributed by atoms with E-state index in [0.29, 0.717) is 0 Å². The van der Waals surface area contributed by atoms with Crippen LogP contribution in [0.15, 0.2) is 30.8 Å². The number of hydrogen-bond donors (Lipinski definition) is 0. The van der Waals surface area contributed by atoms with Gasteiger partial charge in [0.25, 0.3) is 0 Å². The molecule has 1 rings (SSSR count). The van der Waals surface area contributed by atoms with Gasteiger partial charge in [0.05, 0.1) is 0 Å². The largest absolute Gasteiger partial charge is 0.505 e. The van der Waals surface area contributed by atoms with Crippen LogP contribution in [0.5, 0.6) is 0 Å². The van der Waals surface area contributed by atoms with Crippen molar-refractivity contribution >= 4 is 47.2 Å². The lowest BCUT2D eigenvalue weighted by molar-refractivity contribution is 0.290. The third-order valence-corrected chi connectivity index (χ3v) is 11.6. The molecule has 115 valence electrons. The molecule has 0 heterocycles. The van der Waals surface area contributed by atoms with Crippen molar-refractivity contribution in [2.24, 2.45) is 0 Å². The lowest BCUT2D eigenvalue weighted by atomic mass is 10.2. The second kappa shape index (κ2) is 8.37. The zero-order chi connectivity index (χ0) is 16.0. The maximum absolute atomic E-state index is 6.36. The van der Waals surface area contributed by atoms with Crippen molar-refractivity contribution in [3.8, 4) is 0 Å².